The second kappa shape index (κ2) is 53.2. The highest BCUT2D eigenvalue weighted by Gasteiger charge is 2.23. The molecule has 0 fully saturated rings. The van der Waals surface area contributed by atoms with Gasteiger partial charge in [-0.25, -0.2) is 0 Å². The fraction of sp³-hybridized carbons (Fsp3) is 0.375. The second-order valence-corrected chi connectivity index (χ2v) is 25.6. The van der Waals surface area contributed by atoms with E-state index >= 15 is 0 Å². The Labute approximate surface area is 631 Å². The Balaban J connectivity index is 0.000000312. The molecule has 5 aliphatic rings. The Bertz CT molecular complexity index is 3810. The minimum atomic E-state index is 0.749. The van der Waals surface area contributed by atoms with Crippen LogP contribution in [0.15, 0.2) is 218 Å². The van der Waals surface area contributed by atoms with Crippen molar-refractivity contribution in [3.05, 3.63) is 296 Å². The first-order valence-electron chi connectivity index (χ1n) is 39.4. The summed E-state index contributed by atoms with van der Waals surface area (Å²) in [6, 6.07) is 80.0. The third-order valence-electron chi connectivity index (χ3n) is 18.3. The van der Waals surface area contributed by atoms with Gasteiger partial charge in [-0.15, -0.1) is 46.2 Å². The lowest BCUT2D eigenvalue weighted by atomic mass is 9.94. The summed E-state index contributed by atoms with van der Waals surface area (Å²) >= 11 is 0. The van der Waals surface area contributed by atoms with Gasteiger partial charge in [0.2, 0.25) is 0 Å². The van der Waals surface area contributed by atoms with E-state index in [1.54, 1.807) is 55.6 Å². The van der Waals surface area contributed by atoms with Crippen LogP contribution < -0.4 is 0 Å². The van der Waals surface area contributed by atoms with Crippen molar-refractivity contribution in [1.82, 2.24) is 0 Å². The standard InChI is InChI=1S/5C16H17P.8C2H6/c17-11-12-4-1-7-14(10-12)16-9-3-6-13-5-2-8-15(13)16;17-11-12-7-9-14(10-8-12)16-6-2-4-13-3-1-5-15(13)16;17-11-12-9-14-7-4-8-15(14)16(10-12)13-5-2-1-3-6-13;17-11-13-9-10-15(12-5-2-1-3-6-12)16-8-4-7-14(13)16;17-11-15-9-7-13-6-8-14(10-16(13)15)12-4-2-1-3-5-12;8*1-2/h1,3-4,6-7,9-10H,2,5,8,11,17H2;2,4,6-10H,1,3,5,11,17H2;2*1-3,5-6,9-10H,4,7-8,11,17H2;1-6,8,10,15H,7,9,11,17H2;8*1-2H3. The van der Waals surface area contributed by atoms with Crippen LogP contribution in [0.1, 0.15) is 227 Å². The van der Waals surface area contributed by atoms with Gasteiger partial charge < -0.3 is 0 Å². The summed E-state index contributed by atoms with van der Waals surface area (Å²) in [5.41, 5.74) is 35.4. The maximum atomic E-state index is 2.89. The highest BCUT2D eigenvalue weighted by atomic mass is 31.0. The van der Waals surface area contributed by atoms with Crippen LogP contribution in [0, 0.1) is 0 Å². The molecule has 0 aliphatic heterocycles. The van der Waals surface area contributed by atoms with Crippen LogP contribution in [0.3, 0.4) is 0 Å². The van der Waals surface area contributed by atoms with E-state index in [0.717, 1.165) is 30.6 Å². The molecule has 0 spiro atoms. The van der Waals surface area contributed by atoms with E-state index < -0.39 is 0 Å². The molecule has 5 heteroatoms. The van der Waals surface area contributed by atoms with Gasteiger partial charge in [-0.2, -0.15) is 0 Å². The van der Waals surface area contributed by atoms with Crippen molar-refractivity contribution >= 4 is 46.2 Å². The highest BCUT2D eigenvalue weighted by Crippen LogP contribution is 2.40. The van der Waals surface area contributed by atoms with E-state index in [1.165, 1.54) is 174 Å². The molecule has 0 N–H and O–H groups in total. The summed E-state index contributed by atoms with van der Waals surface area (Å²) in [7, 11) is 14.1. The molecule has 10 aromatic carbocycles. The third-order valence-corrected chi connectivity index (χ3v) is 20.7. The summed E-state index contributed by atoms with van der Waals surface area (Å²) in [5.74, 6) is 0.749. The zero-order chi connectivity index (χ0) is 74.3. The summed E-state index contributed by atoms with van der Waals surface area (Å²) in [5, 5.41) is 0. The molecule has 542 valence electrons. The average Bonchev–Trinajstić information content (AvgIpc) is 1.76. The maximum Gasteiger partial charge on any atom is -0.0121 e. The minimum absolute atomic E-state index is 0.749. The molecule has 0 saturated heterocycles. The predicted molar refractivity (Wildman–Crippen MR) is 478 cm³/mol. The topological polar surface area (TPSA) is 0 Å². The van der Waals surface area contributed by atoms with Gasteiger partial charge in [0, 0.05) is 0 Å². The summed E-state index contributed by atoms with van der Waals surface area (Å²) < 4.78 is 0. The Hall–Kier alpha value is -5.65. The smallest absolute Gasteiger partial charge is 0.0121 e. The molecule has 0 heterocycles. The predicted octanol–water partition coefficient (Wildman–Crippen LogP) is 29.3. The van der Waals surface area contributed by atoms with Crippen molar-refractivity contribution in [2.24, 2.45) is 0 Å². The minimum Gasteiger partial charge on any atom is -0.137 e. The zero-order valence-corrected chi connectivity index (χ0v) is 71.5. The molecular weight excluding hydrogens is 1310 g/mol. The van der Waals surface area contributed by atoms with Crippen molar-refractivity contribution in [2.45, 2.75) is 231 Å². The van der Waals surface area contributed by atoms with E-state index in [9.17, 15) is 0 Å². The van der Waals surface area contributed by atoms with Crippen LogP contribution in [0.25, 0.3) is 55.6 Å². The third kappa shape index (κ3) is 26.2. The van der Waals surface area contributed by atoms with E-state index in [-0.39, 0.29) is 0 Å². The first-order chi connectivity index (χ1) is 49.9. The monoisotopic (exact) mass is 1440 g/mol. The molecule has 0 nitrogen and oxygen atoms in total. The first-order valence-corrected chi connectivity index (χ1v) is 43.5. The number of aryl methyl sites for hydroxylation is 4. The number of hydrogen-bond acceptors (Lipinski definition) is 0. The van der Waals surface area contributed by atoms with Gasteiger partial charge in [0.15, 0.2) is 0 Å². The molecule has 6 atom stereocenters. The van der Waals surface area contributed by atoms with Gasteiger partial charge in [0.05, 0.1) is 0 Å². The number of rotatable bonds is 10. The van der Waals surface area contributed by atoms with Crippen LogP contribution in [0.4, 0.5) is 0 Å². The van der Waals surface area contributed by atoms with Crippen LogP contribution in [-0.4, -0.2) is 6.16 Å². The van der Waals surface area contributed by atoms with Crippen molar-refractivity contribution in [3.63, 3.8) is 0 Å². The van der Waals surface area contributed by atoms with Crippen LogP contribution >= 0.6 is 46.2 Å². The molecule has 0 amide bonds. The largest absolute Gasteiger partial charge is 0.137 e. The SMILES string of the molecule is CC.CC.CC.CC.CC.CC.CC.CC.PCC1CCc2ccc(-c3ccccc3)cc21.PCc1cc2c(c(-c3ccccc3)c1)CCC2.PCc1ccc(-c2cccc3c2CCC3)cc1.PCc1ccc(-c2ccccc2)c2c1CCC2.PCc1cccc(-c2cccc3c2CCC3)c1. The number of benzene rings is 10. The number of fused-ring (bicyclic) bond motifs is 5. The van der Waals surface area contributed by atoms with Gasteiger partial charge in [-0.1, -0.05) is 329 Å². The quantitative estimate of drug-likeness (QED) is 0.120. The summed E-state index contributed by atoms with van der Waals surface area (Å²) in [6.07, 6.45) is 23.2. The lowest BCUT2D eigenvalue weighted by Crippen LogP contribution is -1.94. The molecule has 0 saturated carbocycles. The molecule has 10 aromatic rings. The van der Waals surface area contributed by atoms with Crippen molar-refractivity contribution in [3.8, 4) is 55.6 Å². The fourth-order valence-corrected chi connectivity index (χ4v) is 15.5. The molecule has 5 aliphatic carbocycles. The first kappa shape index (κ1) is 89.6. The summed E-state index contributed by atoms with van der Waals surface area (Å²) in [4.78, 5) is 0. The molecule has 15 rings (SSSR count). The van der Waals surface area contributed by atoms with E-state index in [4.69, 9.17) is 0 Å². The van der Waals surface area contributed by atoms with Crippen molar-refractivity contribution in [2.75, 3.05) is 6.16 Å². The van der Waals surface area contributed by atoms with Gasteiger partial charge in [0.25, 0.3) is 0 Å². The van der Waals surface area contributed by atoms with E-state index in [0.29, 0.717) is 0 Å². The molecule has 0 radical (unpaired) electrons. The Kier molecular flexibility index (Phi) is 47.2. The molecule has 6 unspecified atom stereocenters. The number of hydrogen-bond donors (Lipinski definition) is 0. The van der Waals surface area contributed by atoms with E-state index in [1.807, 2.05) is 111 Å². The van der Waals surface area contributed by atoms with E-state index in [2.05, 4.69) is 265 Å². The normalized spacial score (nSPS) is 12.7. The molecule has 0 aromatic heterocycles. The summed E-state index contributed by atoms with van der Waals surface area (Å²) in [6.45, 7) is 32.0. The Morgan fingerprint density at radius 1 is 0.248 bits per heavy atom. The Morgan fingerprint density at radius 2 is 0.663 bits per heavy atom. The van der Waals surface area contributed by atoms with Crippen molar-refractivity contribution < 1.29 is 0 Å². The zero-order valence-electron chi connectivity index (χ0n) is 65.7. The molecule has 101 heavy (non-hydrogen) atoms. The van der Waals surface area contributed by atoms with Crippen LogP contribution in [0.5, 0.6) is 0 Å². The van der Waals surface area contributed by atoms with Gasteiger partial charge >= 0.3 is 0 Å². The maximum absolute atomic E-state index is 2.89. The highest BCUT2D eigenvalue weighted by molar-refractivity contribution is 7.16. The van der Waals surface area contributed by atoms with Gasteiger partial charge in [-0.05, 0) is 260 Å². The van der Waals surface area contributed by atoms with Crippen molar-refractivity contribution in [1.29, 1.82) is 0 Å². The lowest BCUT2D eigenvalue weighted by molar-refractivity contribution is 0.757. The van der Waals surface area contributed by atoms with Crippen LogP contribution in [-0.2, 0) is 82.4 Å². The lowest BCUT2D eigenvalue weighted by Gasteiger charge is -2.12. The van der Waals surface area contributed by atoms with Gasteiger partial charge in [-0.3, -0.25) is 0 Å². The average molecular weight is 1440 g/mol. The van der Waals surface area contributed by atoms with Gasteiger partial charge in [0.1, 0.15) is 0 Å². The second-order valence-electron chi connectivity index (χ2n) is 23.5. The fourth-order valence-electron chi connectivity index (χ4n) is 13.8. The Morgan fingerprint density at radius 3 is 1.18 bits per heavy atom. The molecular formula is C96H133P5. The van der Waals surface area contributed by atoms with Crippen LogP contribution in [0.2, 0.25) is 0 Å². The molecule has 0 bridgehead atoms.